The van der Waals surface area contributed by atoms with Crippen LogP contribution in [-0.2, 0) is 6.54 Å². The van der Waals surface area contributed by atoms with Gasteiger partial charge in [-0.3, -0.25) is 4.79 Å². The maximum absolute atomic E-state index is 12.5. The largest absolute Gasteiger partial charge is 0.497 e. The van der Waals surface area contributed by atoms with E-state index in [1.54, 1.807) is 19.2 Å². The molecule has 2 aromatic carbocycles. The highest BCUT2D eigenvalue weighted by molar-refractivity contribution is 5.98. The van der Waals surface area contributed by atoms with Crippen LogP contribution in [0.5, 0.6) is 23.0 Å². The fourth-order valence-electron chi connectivity index (χ4n) is 2.30. The van der Waals surface area contributed by atoms with Crippen LogP contribution < -0.4 is 24.3 Å². The summed E-state index contributed by atoms with van der Waals surface area (Å²) >= 11 is 0. The van der Waals surface area contributed by atoms with Crippen molar-refractivity contribution in [3.05, 3.63) is 47.5 Å². The molecule has 0 aliphatic carbocycles. The fraction of sp³-hybridized carbons (Fsp3) is 0.278. The van der Waals surface area contributed by atoms with Gasteiger partial charge in [0.2, 0.25) is 5.75 Å². The van der Waals surface area contributed by atoms with E-state index in [1.165, 1.54) is 21.3 Å². The predicted octanol–water partition coefficient (Wildman–Crippen LogP) is 2.65. The molecule has 1 amide bonds. The van der Waals surface area contributed by atoms with Crippen LogP contribution >= 0.6 is 0 Å². The molecule has 0 heterocycles. The molecule has 0 unspecified atom stereocenters. The van der Waals surface area contributed by atoms with Crippen molar-refractivity contribution in [3.63, 3.8) is 0 Å². The third-order valence-electron chi connectivity index (χ3n) is 3.56. The minimum Gasteiger partial charge on any atom is -0.497 e. The molecule has 0 radical (unpaired) electrons. The summed E-state index contributed by atoms with van der Waals surface area (Å²) in [5, 5.41) is 2.86. The number of benzene rings is 2. The molecule has 0 aromatic heterocycles. The zero-order valence-corrected chi connectivity index (χ0v) is 14.2. The Bertz CT molecular complexity index is 697. The molecule has 6 nitrogen and oxygen atoms in total. The summed E-state index contributed by atoms with van der Waals surface area (Å²) in [6.45, 7) is 0.389. The molecule has 0 saturated carbocycles. The van der Waals surface area contributed by atoms with Gasteiger partial charge >= 0.3 is 0 Å². The Balaban J connectivity index is 2.16. The summed E-state index contributed by atoms with van der Waals surface area (Å²) in [4.78, 5) is 12.5. The number of methoxy groups -OCH3 is 4. The first kappa shape index (κ1) is 17.5. The highest BCUT2D eigenvalue weighted by Gasteiger charge is 2.20. The van der Waals surface area contributed by atoms with E-state index in [1.807, 2.05) is 24.3 Å². The second-order valence-electron chi connectivity index (χ2n) is 4.91. The molecule has 1 N–H and O–H groups in total. The molecule has 0 bridgehead atoms. The molecule has 2 rings (SSSR count). The molecule has 128 valence electrons. The highest BCUT2D eigenvalue weighted by Crippen LogP contribution is 2.39. The topological polar surface area (TPSA) is 66.0 Å². The maximum Gasteiger partial charge on any atom is 0.255 e. The van der Waals surface area contributed by atoms with Gasteiger partial charge in [0.25, 0.3) is 5.91 Å². The number of rotatable bonds is 7. The average molecular weight is 331 g/mol. The van der Waals surface area contributed by atoms with E-state index >= 15 is 0 Å². The summed E-state index contributed by atoms with van der Waals surface area (Å²) in [6.07, 6.45) is 0. The Morgan fingerprint density at radius 3 is 2.04 bits per heavy atom. The van der Waals surface area contributed by atoms with Crippen molar-refractivity contribution < 1.29 is 23.7 Å². The van der Waals surface area contributed by atoms with Crippen LogP contribution in [0.15, 0.2) is 36.4 Å². The van der Waals surface area contributed by atoms with Crippen LogP contribution in [0.25, 0.3) is 0 Å². The minimum absolute atomic E-state index is 0.261. The van der Waals surface area contributed by atoms with E-state index in [-0.39, 0.29) is 5.91 Å². The zero-order chi connectivity index (χ0) is 17.5. The van der Waals surface area contributed by atoms with Crippen LogP contribution in [0.1, 0.15) is 15.9 Å². The molecule has 2 aromatic rings. The first-order valence-electron chi connectivity index (χ1n) is 7.34. The van der Waals surface area contributed by atoms with Crippen molar-refractivity contribution in [3.8, 4) is 23.0 Å². The summed E-state index contributed by atoms with van der Waals surface area (Å²) < 4.78 is 21.0. The molecule has 0 aliphatic heterocycles. The van der Waals surface area contributed by atoms with Crippen LogP contribution in [0.2, 0.25) is 0 Å². The number of hydrogen-bond donors (Lipinski definition) is 1. The molecular formula is C18H21NO5. The van der Waals surface area contributed by atoms with Gasteiger partial charge in [0.15, 0.2) is 11.5 Å². The molecule has 0 aliphatic rings. The molecule has 0 fully saturated rings. The molecular weight excluding hydrogens is 310 g/mol. The Labute approximate surface area is 141 Å². The SMILES string of the molecule is COc1ccc(CNC(=O)c2ccc(OC)c(OC)c2OC)cc1. The van der Waals surface area contributed by atoms with Crippen molar-refractivity contribution in [2.75, 3.05) is 28.4 Å². The van der Waals surface area contributed by atoms with Gasteiger partial charge in [-0.1, -0.05) is 12.1 Å². The summed E-state index contributed by atoms with van der Waals surface area (Å²) in [5.74, 6) is 1.73. The predicted molar refractivity (Wildman–Crippen MR) is 90.3 cm³/mol. The second-order valence-corrected chi connectivity index (χ2v) is 4.91. The summed E-state index contributed by atoms with van der Waals surface area (Å²) in [6, 6.07) is 10.8. The molecule has 0 atom stereocenters. The first-order valence-corrected chi connectivity index (χ1v) is 7.34. The smallest absolute Gasteiger partial charge is 0.255 e. The standard InChI is InChI=1S/C18H21NO5/c1-21-13-7-5-12(6-8-13)11-19-18(20)14-9-10-15(22-2)17(24-4)16(14)23-3/h5-10H,11H2,1-4H3,(H,19,20). The van der Waals surface area contributed by atoms with E-state index in [9.17, 15) is 4.79 Å². The Morgan fingerprint density at radius 1 is 0.833 bits per heavy atom. The Morgan fingerprint density at radius 2 is 1.50 bits per heavy atom. The zero-order valence-electron chi connectivity index (χ0n) is 14.2. The fourth-order valence-corrected chi connectivity index (χ4v) is 2.30. The second kappa shape index (κ2) is 8.10. The van der Waals surface area contributed by atoms with Crippen LogP contribution in [-0.4, -0.2) is 34.3 Å². The number of ether oxygens (including phenoxy) is 4. The highest BCUT2D eigenvalue weighted by atomic mass is 16.5. The number of carbonyl (C=O) groups excluding carboxylic acids is 1. The van der Waals surface area contributed by atoms with Gasteiger partial charge in [0.05, 0.1) is 34.0 Å². The monoisotopic (exact) mass is 331 g/mol. The van der Waals surface area contributed by atoms with Gasteiger partial charge in [-0.25, -0.2) is 0 Å². The van der Waals surface area contributed by atoms with Crippen molar-refractivity contribution in [2.24, 2.45) is 0 Å². The average Bonchev–Trinajstić information content (AvgIpc) is 2.64. The lowest BCUT2D eigenvalue weighted by molar-refractivity contribution is 0.0947. The van der Waals surface area contributed by atoms with Crippen molar-refractivity contribution in [2.45, 2.75) is 6.54 Å². The van der Waals surface area contributed by atoms with Gasteiger partial charge in [-0.15, -0.1) is 0 Å². The lowest BCUT2D eigenvalue weighted by Crippen LogP contribution is -2.23. The van der Waals surface area contributed by atoms with E-state index in [0.29, 0.717) is 29.4 Å². The number of nitrogens with one attached hydrogen (secondary N) is 1. The molecule has 0 spiro atoms. The summed E-state index contributed by atoms with van der Waals surface area (Å²) in [5.41, 5.74) is 1.34. The maximum atomic E-state index is 12.5. The lowest BCUT2D eigenvalue weighted by atomic mass is 10.1. The van der Waals surface area contributed by atoms with Gasteiger partial charge in [0.1, 0.15) is 5.75 Å². The minimum atomic E-state index is -0.261. The first-order chi connectivity index (χ1) is 11.6. The van der Waals surface area contributed by atoms with Crippen LogP contribution in [0.4, 0.5) is 0 Å². The number of carbonyl (C=O) groups is 1. The Kier molecular flexibility index (Phi) is 5.89. The van der Waals surface area contributed by atoms with Crippen molar-refractivity contribution >= 4 is 5.91 Å². The van der Waals surface area contributed by atoms with Crippen LogP contribution in [0.3, 0.4) is 0 Å². The molecule has 24 heavy (non-hydrogen) atoms. The Hall–Kier alpha value is -2.89. The van der Waals surface area contributed by atoms with Crippen LogP contribution in [0, 0.1) is 0 Å². The van der Waals surface area contributed by atoms with E-state index < -0.39 is 0 Å². The van der Waals surface area contributed by atoms with Gasteiger partial charge in [0, 0.05) is 6.54 Å². The number of hydrogen-bond acceptors (Lipinski definition) is 5. The van der Waals surface area contributed by atoms with E-state index in [2.05, 4.69) is 5.32 Å². The molecule has 6 heteroatoms. The number of amides is 1. The van der Waals surface area contributed by atoms with Gasteiger partial charge in [-0.05, 0) is 29.8 Å². The molecule has 0 saturated heterocycles. The van der Waals surface area contributed by atoms with Gasteiger partial charge < -0.3 is 24.3 Å². The van der Waals surface area contributed by atoms with Gasteiger partial charge in [-0.2, -0.15) is 0 Å². The summed E-state index contributed by atoms with van der Waals surface area (Å²) in [7, 11) is 6.12. The van der Waals surface area contributed by atoms with Crippen molar-refractivity contribution in [1.29, 1.82) is 0 Å². The van der Waals surface area contributed by atoms with E-state index in [0.717, 1.165) is 11.3 Å². The lowest BCUT2D eigenvalue weighted by Gasteiger charge is -2.15. The third kappa shape index (κ3) is 3.71. The normalized spacial score (nSPS) is 10.0. The third-order valence-corrected chi connectivity index (χ3v) is 3.56. The van der Waals surface area contributed by atoms with E-state index in [4.69, 9.17) is 18.9 Å². The quantitative estimate of drug-likeness (QED) is 0.845. The van der Waals surface area contributed by atoms with Crippen molar-refractivity contribution in [1.82, 2.24) is 5.32 Å².